The first-order valence-corrected chi connectivity index (χ1v) is 22.4. The van der Waals surface area contributed by atoms with E-state index in [1.807, 2.05) is 0 Å². The van der Waals surface area contributed by atoms with Gasteiger partial charge in [-0.05, 0) is 32.5 Å². The van der Waals surface area contributed by atoms with Crippen LogP contribution >= 0.6 is 58.8 Å². The highest BCUT2D eigenvalue weighted by Crippen LogP contribution is 2.40. The fourth-order valence-corrected chi connectivity index (χ4v) is 7.34. The predicted molar refractivity (Wildman–Crippen MR) is 172 cm³/mol. The zero-order valence-electron chi connectivity index (χ0n) is 26.1. The number of nitrogens with zero attached hydrogens (tertiary/aromatic N) is 4. The van der Waals surface area contributed by atoms with E-state index in [-0.39, 0.29) is 65.2 Å². The third kappa shape index (κ3) is 23.8. The van der Waals surface area contributed by atoms with Crippen LogP contribution in [0, 0.1) is 0 Å². The number of aliphatic hydroxyl groups is 3. The molecule has 0 spiro atoms. The Morgan fingerprint density at radius 1 is 0.471 bits per heavy atom. The lowest BCUT2D eigenvalue weighted by Gasteiger charge is -2.37. The highest BCUT2D eigenvalue weighted by atomic mass is 31.2. The van der Waals surface area contributed by atoms with Gasteiger partial charge in [0, 0.05) is 32.7 Å². The summed E-state index contributed by atoms with van der Waals surface area (Å²) in [6, 6.07) is 0. The molecule has 0 aliphatic carbocycles. The topological polar surface area (TPSA) is 409 Å². The molecule has 1 aliphatic heterocycles. The Labute approximate surface area is 295 Å². The Morgan fingerprint density at radius 2 is 0.784 bits per heavy atom. The molecule has 1 heterocycles. The lowest BCUT2D eigenvalue weighted by atomic mass is 10.2. The molecule has 0 aromatic heterocycles. The van der Waals surface area contributed by atoms with E-state index in [4.69, 9.17) is 4.62 Å². The average Bonchev–Trinajstić information content (AvgIpc) is 2.90. The standard InChI is InChI=1S/C16H43N4O24P7/c21-14(38-45(24)25,39-46(26)27)11-17-3-1-4-19(13-16(23,42-49(32)33)43-50(34)35)9-10-20(44-51(36)37)6-2-5-18(8-7-17)12-15(22,40-47(28)29)41-48(30)31/h21-23,32-37,45-48H,1-13H2,(H,24,25)(H,26,27)(H,28,29)(H,30,31). The smallest absolute Gasteiger partial charge is 0.342 e. The molecule has 51 heavy (non-hydrogen) atoms. The highest BCUT2D eigenvalue weighted by molar-refractivity contribution is 7.40. The molecular weight excluding hydrogens is 849 g/mol. The Bertz CT molecular complexity index is 1080. The van der Waals surface area contributed by atoms with E-state index in [2.05, 4.69) is 27.1 Å². The van der Waals surface area contributed by atoms with Crippen molar-refractivity contribution in [1.82, 2.24) is 19.8 Å². The molecule has 306 valence electrons. The van der Waals surface area contributed by atoms with Crippen LogP contribution in [0.2, 0.25) is 0 Å². The van der Waals surface area contributed by atoms with E-state index >= 15 is 0 Å². The molecule has 28 nitrogen and oxygen atoms in total. The van der Waals surface area contributed by atoms with E-state index in [0.29, 0.717) is 0 Å². The van der Waals surface area contributed by atoms with Crippen LogP contribution in [-0.4, -0.2) is 174 Å². The summed E-state index contributed by atoms with van der Waals surface area (Å²) >= 11 is 0. The van der Waals surface area contributed by atoms with Crippen LogP contribution in [0.3, 0.4) is 0 Å². The van der Waals surface area contributed by atoms with Crippen LogP contribution < -0.4 is 0 Å². The zero-order valence-corrected chi connectivity index (χ0v) is 32.8. The van der Waals surface area contributed by atoms with Gasteiger partial charge in [-0.2, -0.15) is 5.06 Å². The Balaban J connectivity index is 3.52. The van der Waals surface area contributed by atoms with Crippen molar-refractivity contribution < 1.29 is 114 Å². The summed E-state index contributed by atoms with van der Waals surface area (Å²) in [5.41, 5.74) is 0. The van der Waals surface area contributed by atoms with Gasteiger partial charge in [0.05, 0.1) is 19.6 Å². The predicted octanol–water partition coefficient (Wildman–Crippen LogP) is -3.88. The van der Waals surface area contributed by atoms with Gasteiger partial charge >= 0.3 is 76.7 Å². The van der Waals surface area contributed by atoms with Crippen LogP contribution in [0.5, 0.6) is 0 Å². The van der Waals surface area contributed by atoms with Crippen molar-refractivity contribution in [1.29, 1.82) is 0 Å². The van der Waals surface area contributed by atoms with Crippen LogP contribution in [0.15, 0.2) is 0 Å². The SMILES string of the molecule is O=[PH](O)OC(O)(CN1CCCN(CC(O)(OP(O)O)OP(O)O)CCN(OP(O)O)CCCN(CC(O)(O[PH](=O)O)O[PH](=O)O)CC1)O[PH](=O)O. The minimum Gasteiger partial charge on any atom is -0.342 e. The van der Waals surface area contributed by atoms with E-state index in [1.165, 1.54) is 14.7 Å². The molecule has 1 rings (SSSR count). The molecule has 0 aromatic carbocycles. The number of β-amino-alcohol motifs (C(OH)–C–C–N with tert-alkyl or cyclic N) is 3. The quantitative estimate of drug-likeness (QED) is 0.0411. The van der Waals surface area contributed by atoms with Crippen molar-refractivity contribution in [2.75, 3.05) is 72.0 Å². The summed E-state index contributed by atoms with van der Waals surface area (Å²) < 4.78 is 77.7. The van der Waals surface area contributed by atoms with Crippen LogP contribution in [-0.2, 0) is 50.0 Å². The second-order valence-corrected chi connectivity index (χ2v) is 15.1. The van der Waals surface area contributed by atoms with E-state index < -0.39 is 96.4 Å². The van der Waals surface area contributed by atoms with Crippen molar-refractivity contribution in [3.63, 3.8) is 0 Å². The number of hydrogen-bond acceptors (Lipinski definition) is 24. The maximum Gasteiger partial charge on any atom is 0.345 e. The lowest BCUT2D eigenvalue weighted by Crippen LogP contribution is -2.51. The number of hydrogen-bond donors (Lipinski definition) is 13. The largest absolute Gasteiger partial charge is 0.345 e. The second kappa shape index (κ2) is 24.8. The van der Waals surface area contributed by atoms with E-state index in [1.54, 1.807) is 0 Å². The molecule has 1 aliphatic rings. The summed E-state index contributed by atoms with van der Waals surface area (Å²) in [7, 11) is -25.6. The first-order chi connectivity index (χ1) is 23.5. The fraction of sp³-hybridized carbons (Fsp3) is 1.00. The first kappa shape index (κ1) is 50.3. The first-order valence-electron chi connectivity index (χ1n) is 13.9. The van der Waals surface area contributed by atoms with Crippen molar-refractivity contribution >= 4 is 58.8 Å². The maximum atomic E-state index is 11.4. The summed E-state index contributed by atoms with van der Waals surface area (Å²) in [6.45, 7) is -4.19. The summed E-state index contributed by atoms with van der Waals surface area (Å²) in [5.74, 6) is -9.30. The average molecular weight is 892 g/mol. The van der Waals surface area contributed by atoms with E-state index in [9.17, 15) is 82.5 Å². The molecule has 1 saturated heterocycles. The van der Waals surface area contributed by atoms with Gasteiger partial charge in [-0.15, -0.1) is 0 Å². The number of rotatable bonds is 20. The van der Waals surface area contributed by atoms with Crippen LogP contribution in [0.1, 0.15) is 12.8 Å². The Morgan fingerprint density at radius 3 is 1.10 bits per heavy atom. The Hall–Kier alpha value is 1.25. The summed E-state index contributed by atoms with van der Waals surface area (Å²) in [4.78, 5) is 97.0. The Kier molecular flexibility index (Phi) is 24.4. The second-order valence-electron chi connectivity index (χ2n) is 10.1. The molecule has 0 radical (unpaired) electrons. The normalized spacial score (nSPS) is 22.7. The zero-order chi connectivity index (χ0) is 39.0. The van der Waals surface area contributed by atoms with Gasteiger partial charge in [0.1, 0.15) is 0 Å². The molecule has 0 saturated carbocycles. The van der Waals surface area contributed by atoms with Gasteiger partial charge in [0.25, 0.3) is 0 Å². The minimum atomic E-state index is -4.01. The molecule has 0 aromatic rings. The van der Waals surface area contributed by atoms with Gasteiger partial charge in [-0.1, -0.05) is 0 Å². The van der Waals surface area contributed by atoms with Gasteiger partial charge in [0.15, 0.2) is 0 Å². The fourth-order valence-electron chi connectivity index (χ4n) is 4.52. The summed E-state index contributed by atoms with van der Waals surface area (Å²) in [5, 5.41) is 33.1. The highest BCUT2D eigenvalue weighted by Gasteiger charge is 2.40. The molecular formula is C16H43N4O24P7. The van der Waals surface area contributed by atoms with Gasteiger partial charge in [0.2, 0.25) is 0 Å². The number of hydroxylamine groups is 2. The molecule has 0 amide bonds. The van der Waals surface area contributed by atoms with Gasteiger partial charge < -0.3 is 64.3 Å². The maximum absolute atomic E-state index is 11.4. The van der Waals surface area contributed by atoms with Crippen LogP contribution in [0.25, 0.3) is 0 Å². The monoisotopic (exact) mass is 892 g/mol. The molecule has 4 atom stereocenters. The third-order valence-electron chi connectivity index (χ3n) is 6.12. The molecule has 35 heteroatoms. The van der Waals surface area contributed by atoms with Crippen molar-refractivity contribution in [3.05, 3.63) is 0 Å². The molecule has 13 N–H and O–H groups in total. The third-order valence-corrected chi connectivity index (χ3v) is 9.37. The van der Waals surface area contributed by atoms with Crippen molar-refractivity contribution in [3.8, 4) is 0 Å². The van der Waals surface area contributed by atoms with Gasteiger partial charge in [-0.25, -0.2) is 4.62 Å². The molecule has 0 bridgehead atoms. The summed E-state index contributed by atoms with van der Waals surface area (Å²) in [6.07, 6.45) is -0.0523. The van der Waals surface area contributed by atoms with Gasteiger partial charge in [-0.3, -0.25) is 60.1 Å². The van der Waals surface area contributed by atoms with Crippen molar-refractivity contribution in [2.45, 2.75) is 30.8 Å². The van der Waals surface area contributed by atoms with Crippen LogP contribution in [0.4, 0.5) is 0 Å². The lowest BCUT2D eigenvalue weighted by molar-refractivity contribution is -0.287. The minimum absolute atomic E-state index is 0.00814. The molecule has 1 fully saturated rings. The van der Waals surface area contributed by atoms with Crippen molar-refractivity contribution in [2.24, 2.45) is 0 Å². The molecule has 4 unspecified atom stereocenters. The van der Waals surface area contributed by atoms with E-state index in [0.717, 1.165) is 5.06 Å².